The molecule has 0 saturated carbocycles. The lowest BCUT2D eigenvalue weighted by Crippen LogP contribution is -2.49. The zero-order chi connectivity index (χ0) is 16.4. The monoisotopic (exact) mass is 323 g/mol. The highest BCUT2D eigenvalue weighted by Crippen LogP contribution is 2.27. The molecule has 1 aromatic rings. The summed E-state index contributed by atoms with van der Waals surface area (Å²) < 4.78 is 65.6. The first-order chi connectivity index (χ1) is 10.3. The molecule has 120 valence electrons. The number of halogens is 5. The Balaban J connectivity index is 2.13. The van der Waals surface area contributed by atoms with Gasteiger partial charge in [0.25, 0.3) is 0 Å². The highest BCUT2D eigenvalue weighted by Gasteiger charge is 2.27. The lowest BCUT2D eigenvalue weighted by molar-refractivity contribution is -0.125. The fraction of sp³-hybridized carbons (Fsp3) is 0.333. The molecule has 2 N–H and O–H groups in total. The van der Waals surface area contributed by atoms with Gasteiger partial charge < -0.3 is 10.6 Å². The summed E-state index contributed by atoms with van der Waals surface area (Å²) in [7, 11) is 0. The number of carbonyl (C=O) groups is 2. The molecule has 22 heavy (non-hydrogen) atoms. The summed E-state index contributed by atoms with van der Waals surface area (Å²) in [5, 5.41) is 4.14. The van der Waals surface area contributed by atoms with Crippen molar-refractivity contribution in [1.29, 1.82) is 0 Å². The van der Waals surface area contributed by atoms with Crippen LogP contribution in [0, 0.1) is 29.1 Å². The van der Waals surface area contributed by atoms with Gasteiger partial charge in [0, 0.05) is 13.1 Å². The van der Waals surface area contributed by atoms with Crippen molar-refractivity contribution >= 4 is 17.5 Å². The number of carbonyl (C=O) groups excluding carboxylic acids is 2. The fourth-order valence-electron chi connectivity index (χ4n) is 1.92. The molecule has 1 fully saturated rings. The molecule has 0 radical (unpaired) electrons. The Morgan fingerprint density at radius 3 is 2.14 bits per heavy atom. The third-order valence-electron chi connectivity index (χ3n) is 2.96. The fourth-order valence-corrected chi connectivity index (χ4v) is 1.92. The molecule has 0 unspecified atom stereocenters. The van der Waals surface area contributed by atoms with E-state index >= 15 is 0 Å². The maximum atomic E-state index is 13.4. The largest absolute Gasteiger partial charge is 0.354 e. The van der Waals surface area contributed by atoms with Crippen LogP contribution in [0.1, 0.15) is 0 Å². The minimum absolute atomic E-state index is 0.107. The molecule has 1 aliphatic rings. The van der Waals surface area contributed by atoms with Gasteiger partial charge in [0.15, 0.2) is 23.3 Å². The number of benzene rings is 1. The summed E-state index contributed by atoms with van der Waals surface area (Å²) in [6.45, 7) is 0.0718. The molecule has 0 aromatic heterocycles. The average molecular weight is 323 g/mol. The lowest BCUT2D eigenvalue weighted by Gasteiger charge is -2.25. The number of nitrogens with zero attached hydrogens (tertiary/aromatic N) is 1. The quantitative estimate of drug-likeness (QED) is 0.490. The summed E-state index contributed by atoms with van der Waals surface area (Å²) in [5.41, 5.74) is -1.41. The highest BCUT2D eigenvalue weighted by atomic mass is 19.2. The first kappa shape index (κ1) is 16.1. The molecule has 1 aromatic carbocycles. The minimum atomic E-state index is -2.30. The molecule has 10 heteroatoms. The van der Waals surface area contributed by atoms with Gasteiger partial charge in [-0.05, 0) is 0 Å². The van der Waals surface area contributed by atoms with Crippen molar-refractivity contribution in [3.63, 3.8) is 0 Å². The van der Waals surface area contributed by atoms with Gasteiger partial charge in [0.05, 0.1) is 13.1 Å². The molecule has 2 amide bonds. The molecule has 1 aliphatic heterocycles. The summed E-state index contributed by atoms with van der Waals surface area (Å²) in [5.74, 6) is -12.2. The normalized spacial score (nSPS) is 15.6. The van der Waals surface area contributed by atoms with E-state index in [0.29, 0.717) is 6.54 Å². The third-order valence-corrected chi connectivity index (χ3v) is 2.96. The summed E-state index contributed by atoms with van der Waals surface area (Å²) in [4.78, 5) is 24.1. The average Bonchev–Trinajstić information content (AvgIpc) is 2.47. The molecule has 1 saturated heterocycles. The van der Waals surface area contributed by atoms with Crippen LogP contribution >= 0.6 is 0 Å². The molecule has 2 rings (SSSR count). The topological polar surface area (TPSA) is 61.4 Å². The second kappa shape index (κ2) is 6.26. The minimum Gasteiger partial charge on any atom is -0.354 e. The van der Waals surface area contributed by atoms with Gasteiger partial charge >= 0.3 is 0 Å². The second-order valence-electron chi connectivity index (χ2n) is 4.55. The van der Waals surface area contributed by atoms with Crippen molar-refractivity contribution in [1.82, 2.24) is 10.2 Å². The SMILES string of the molecule is O=C1CN(CC(=O)Nc2c(F)c(F)c(F)c(F)c2F)CCN1. The Bertz CT molecular complexity index is 609. The van der Waals surface area contributed by atoms with Crippen LogP contribution in [0.3, 0.4) is 0 Å². The maximum Gasteiger partial charge on any atom is 0.238 e. The summed E-state index contributed by atoms with van der Waals surface area (Å²) in [6, 6.07) is 0. The number of hydrogen-bond donors (Lipinski definition) is 2. The second-order valence-corrected chi connectivity index (χ2v) is 4.55. The van der Waals surface area contributed by atoms with E-state index < -0.39 is 47.2 Å². The Kier molecular flexibility index (Phi) is 4.59. The lowest BCUT2D eigenvalue weighted by atomic mass is 10.2. The molecule has 0 spiro atoms. The van der Waals surface area contributed by atoms with Crippen LogP contribution in [-0.2, 0) is 9.59 Å². The predicted octanol–water partition coefficient (Wildman–Crippen LogP) is 0.752. The summed E-state index contributed by atoms with van der Waals surface area (Å²) >= 11 is 0. The van der Waals surface area contributed by atoms with Crippen LogP contribution < -0.4 is 10.6 Å². The van der Waals surface area contributed by atoms with Crippen LogP contribution in [0.5, 0.6) is 0 Å². The van der Waals surface area contributed by atoms with E-state index in [0.717, 1.165) is 0 Å². The third kappa shape index (κ3) is 3.16. The molecule has 0 atom stereocenters. The number of rotatable bonds is 3. The molecular formula is C12H10F5N3O2. The van der Waals surface area contributed by atoms with E-state index in [1.54, 1.807) is 5.32 Å². The Morgan fingerprint density at radius 1 is 1.05 bits per heavy atom. The molecular weight excluding hydrogens is 313 g/mol. The first-order valence-electron chi connectivity index (χ1n) is 6.11. The van der Waals surface area contributed by atoms with Gasteiger partial charge in [0.1, 0.15) is 5.69 Å². The van der Waals surface area contributed by atoms with Crippen molar-refractivity contribution in [3.8, 4) is 0 Å². The van der Waals surface area contributed by atoms with Crippen molar-refractivity contribution in [2.24, 2.45) is 0 Å². The standard InChI is InChI=1S/C12H10F5N3O2/c13-7-8(14)10(16)12(11(17)9(7)15)19-6(22)4-20-2-1-18-5(21)3-20/h1-4H2,(H,18,21)(H,19,22). The van der Waals surface area contributed by atoms with Crippen molar-refractivity contribution in [2.45, 2.75) is 0 Å². The van der Waals surface area contributed by atoms with E-state index in [2.05, 4.69) is 5.32 Å². The van der Waals surface area contributed by atoms with E-state index in [9.17, 15) is 31.5 Å². The molecule has 1 heterocycles. The van der Waals surface area contributed by atoms with Gasteiger partial charge in [-0.25, -0.2) is 22.0 Å². The van der Waals surface area contributed by atoms with E-state index in [4.69, 9.17) is 0 Å². The Morgan fingerprint density at radius 2 is 1.59 bits per heavy atom. The van der Waals surface area contributed by atoms with E-state index in [1.807, 2.05) is 0 Å². The Labute approximate surface area is 121 Å². The first-order valence-corrected chi connectivity index (χ1v) is 6.11. The van der Waals surface area contributed by atoms with E-state index in [-0.39, 0.29) is 19.0 Å². The summed E-state index contributed by atoms with van der Waals surface area (Å²) in [6.07, 6.45) is 0. The predicted molar refractivity (Wildman–Crippen MR) is 64.3 cm³/mol. The number of anilines is 1. The number of amides is 2. The van der Waals surface area contributed by atoms with Crippen LogP contribution in [0.15, 0.2) is 0 Å². The van der Waals surface area contributed by atoms with E-state index in [1.165, 1.54) is 4.90 Å². The van der Waals surface area contributed by atoms with Crippen LogP contribution in [0.4, 0.5) is 27.6 Å². The number of nitrogens with one attached hydrogen (secondary N) is 2. The van der Waals surface area contributed by atoms with Crippen LogP contribution in [-0.4, -0.2) is 42.9 Å². The van der Waals surface area contributed by atoms with Crippen LogP contribution in [0.25, 0.3) is 0 Å². The molecule has 5 nitrogen and oxygen atoms in total. The molecule has 0 bridgehead atoms. The van der Waals surface area contributed by atoms with Crippen molar-refractivity contribution < 1.29 is 31.5 Å². The van der Waals surface area contributed by atoms with Crippen LogP contribution in [0.2, 0.25) is 0 Å². The smallest absolute Gasteiger partial charge is 0.238 e. The highest BCUT2D eigenvalue weighted by molar-refractivity contribution is 5.93. The van der Waals surface area contributed by atoms with Gasteiger partial charge in [0.2, 0.25) is 17.6 Å². The van der Waals surface area contributed by atoms with Crippen molar-refractivity contribution in [2.75, 3.05) is 31.5 Å². The Hall–Kier alpha value is -2.23. The van der Waals surface area contributed by atoms with Gasteiger partial charge in [-0.15, -0.1) is 0 Å². The van der Waals surface area contributed by atoms with Gasteiger partial charge in [-0.1, -0.05) is 0 Å². The number of hydrogen-bond acceptors (Lipinski definition) is 3. The zero-order valence-corrected chi connectivity index (χ0v) is 11.0. The van der Waals surface area contributed by atoms with Gasteiger partial charge in [-0.3, -0.25) is 14.5 Å². The number of piperazine rings is 1. The van der Waals surface area contributed by atoms with Crippen molar-refractivity contribution in [3.05, 3.63) is 29.1 Å². The van der Waals surface area contributed by atoms with Gasteiger partial charge in [-0.2, -0.15) is 0 Å². The molecule has 0 aliphatic carbocycles. The maximum absolute atomic E-state index is 13.4. The zero-order valence-electron chi connectivity index (χ0n) is 11.0.